The van der Waals surface area contributed by atoms with Gasteiger partial charge in [-0.05, 0) is 49.7 Å². The number of nitrogen functional groups attached to an aromatic ring is 1. The van der Waals surface area contributed by atoms with E-state index in [4.69, 9.17) is 10.6 Å². The predicted molar refractivity (Wildman–Crippen MR) is 117 cm³/mol. The SMILES string of the molecule is CCOC(=O)c1cc(-c2ccc(C)cn2)n(-c2cccnc2)n1.NNc1cccnc1. The number of carbonyl (C=O) groups is 1. The number of pyridine rings is 3. The molecule has 0 aromatic carbocycles. The van der Waals surface area contributed by atoms with Crippen LogP contribution in [-0.4, -0.2) is 37.3 Å². The summed E-state index contributed by atoms with van der Waals surface area (Å²) in [7, 11) is 0. The highest BCUT2D eigenvalue weighted by Crippen LogP contribution is 2.22. The number of aryl methyl sites for hydroxylation is 1. The van der Waals surface area contributed by atoms with Gasteiger partial charge in [0, 0.05) is 24.7 Å². The summed E-state index contributed by atoms with van der Waals surface area (Å²) >= 11 is 0. The van der Waals surface area contributed by atoms with Gasteiger partial charge in [0.15, 0.2) is 5.69 Å². The van der Waals surface area contributed by atoms with Gasteiger partial charge in [-0.2, -0.15) is 5.10 Å². The van der Waals surface area contributed by atoms with Gasteiger partial charge in [0.1, 0.15) is 0 Å². The molecule has 4 heterocycles. The molecule has 158 valence electrons. The number of rotatable bonds is 5. The third kappa shape index (κ3) is 5.71. The summed E-state index contributed by atoms with van der Waals surface area (Å²) in [5.41, 5.74) is 6.78. The molecule has 0 aliphatic heterocycles. The molecule has 3 N–H and O–H groups in total. The van der Waals surface area contributed by atoms with Gasteiger partial charge >= 0.3 is 5.97 Å². The molecule has 4 aromatic rings. The van der Waals surface area contributed by atoms with E-state index in [0.29, 0.717) is 12.3 Å². The average molecular weight is 417 g/mol. The molecule has 0 radical (unpaired) electrons. The fourth-order valence-corrected chi connectivity index (χ4v) is 2.61. The lowest BCUT2D eigenvalue weighted by atomic mass is 10.2. The molecule has 4 aromatic heterocycles. The third-order valence-corrected chi connectivity index (χ3v) is 4.09. The standard InChI is InChI=1S/C17H16N4O2.C5H7N3/c1-3-23-17(22)15-9-16(14-7-6-12(2)10-19-14)21(20-15)13-5-4-8-18-11-13;6-8-5-2-1-3-7-4-5/h4-11H,3H2,1-2H3;1-4,8H,6H2. The van der Waals surface area contributed by atoms with E-state index < -0.39 is 5.97 Å². The van der Waals surface area contributed by atoms with Gasteiger partial charge in [-0.15, -0.1) is 0 Å². The van der Waals surface area contributed by atoms with Crippen LogP contribution in [0.4, 0.5) is 5.69 Å². The average Bonchev–Trinajstić information content (AvgIpc) is 3.27. The Labute approximate surface area is 179 Å². The molecule has 0 spiro atoms. The highest BCUT2D eigenvalue weighted by Gasteiger charge is 2.18. The first-order valence-electron chi connectivity index (χ1n) is 9.59. The second-order valence-electron chi connectivity index (χ2n) is 6.37. The largest absolute Gasteiger partial charge is 0.461 e. The van der Waals surface area contributed by atoms with E-state index in [1.165, 1.54) is 0 Å². The van der Waals surface area contributed by atoms with Crippen LogP contribution < -0.4 is 11.3 Å². The van der Waals surface area contributed by atoms with Gasteiger partial charge in [0.25, 0.3) is 0 Å². The van der Waals surface area contributed by atoms with E-state index >= 15 is 0 Å². The second-order valence-corrected chi connectivity index (χ2v) is 6.37. The Hall–Kier alpha value is -4.11. The maximum atomic E-state index is 12.0. The first-order valence-corrected chi connectivity index (χ1v) is 9.59. The Morgan fingerprint density at radius 1 is 1.10 bits per heavy atom. The van der Waals surface area contributed by atoms with Crippen molar-refractivity contribution in [2.45, 2.75) is 13.8 Å². The van der Waals surface area contributed by atoms with Crippen molar-refractivity contribution in [3.8, 4) is 17.1 Å². The van der Waals surface area contributed by atoms with Crippen LogP contribution in [0, 0.1) is 6.92 Å². The van der Waals surface area contributed by atoms with Gasteiger partial charge in [0.2, 0.25) is 0 Å². The first kappa shape index (κ1) is 21.6. The number of ether oxygens (including phenoxy) is 1. The van der Waals surface area contributed by atoms with Crippen molar-refractivity contribution in [1.29, 1.82) is 0 Å². The molecule has 0 atom stereocenters. The summed E-state index contributed by atoms with van der Waals surface area (Å²) in [6, 6.07) is 12.9. The van der Waals surface area contributed by atoms with Crippen molar-refractivity contribution < 1.29 is 9.53 Å². The normalized spacial score (nSPS) is 10.0. The smallest absolute Gasteiger partial charge is 0.358 e. The molecule has 0 saturated heterocycles. The number of anilines is 1. The zero-order valence-electron chi connectivity index (χ0n) is 17.3. The van der Waals surface area contributed by atoms with E-state index in [1.54, 1.807) is 48.7 Å². The van der Waals surface area contributed by atoms with Crippen LogP contribution in [-0.2, 0) is 4.74 Å². The number of nitrogens with two attached hydrogens (primary N) is 1. The molecule has 0 saturated carbocycles. The Kier molecular flexibility index (Phi) is 7.39. The van der Waals surface area contributed by atoms with Crippen LogP contribution in [0.1, 0.15) is 23.0 Å². The number of nitrogens with zero attached hydrogens (tertiary/aromatic N) is 5. The van der Waals surface area contributed by atoms with Crippen molar-refractivity contribution in [1.82, 2.24) is 24.7 Å². The van der Waals surface area contributed by atoms with Crippen LogP contribution in [0.3, 0.4) is 0 Å². The van der Waals surface area contributed by atoms with Crippen LogP contribution in [0.15, 0.2) is 73.4 Å². The molecular weight excluding hydrogens is 394 g/mol. The fourth-order valence-electron chi connectivity index (χ4n) is 2.61. The number of carbonyl (C=O) groups excluding carboxylic acids is 1. The van der Waals surface area contributed by atoms with Gasteiger partial charge in [0.05, 0.1) is 41.8 Å². The molecule has 0 unspecified atom stereocenters. The van der Waals surface area contributed by atoms with E-state index in [2.05, 4.69) is 25.5 Å². The highest BCUT2D eigenvalue weighted by atomic mass is 16.5. The summed E-state index contributed by atoms with van der Waals surface area (Å²) < 4.78 is 6.69. The lowest BCUT2D eigenvalue weighted by molar-refractivity contribution is 0.0519. The summed E-state index contributed by atoms with van der Waals surface area (Å²) in [6.45, 7) is 4.04. The van der Waals surface area contributed by atoms with Crippen molar-refractivity contribution >= 4 is 11.7 Å². The molecular formula is C22H23N7O2. The molecule has 0 bridgehead atoms. The van der Waals surface area contributed by atoms with Crippen LogP contribution in [0.2, 0.25) is 0 Å². The number of hydrogen-bond acceptors (Lipinski definition) is 8. The quantitative estimate of drug-likeness (QED) is 0.288. The van der Waals surface area contributed by atoms with E-state index in [-0.39, 0.29) is 5.69 Å². The topological polar surface area (TPSA) is 121 Å². The fraction of sp³-hybridized carbons (Fsp3) is 0.136. The predicted octanol–water partition coefficient (Wildman–Crippen LogP) is 3.18. The Morgan fingerprint density at radius 2 is 1.87 bits per heavy atom. The molecule has 0 aliphatic rings. The lowest BCUT2D eigenvalue weighted by Crippen LogP contribution is -2.07. The second kappa shape index (κ2) is 10.6. The van der Waals surface area contributed by atoms with Crippen molar-refractivity contribution in [2.75, 3.05) is 12.0 Å². The van der Waals surface area contributed by atoms with E-state index in [0.717, 1.165) is 22.6 Å². The first-order chi connectivity index (χ1) is 15.1. The minimum Gasteiger partial charge on any atom is -0.461 e. The van der Waals surface area contributed by atoms with Crippen molar-refractivity contribution in [2.24, 2.45) is 5.84 Å². The third-order valence-electron chi connectivity index (χ3n) is 4.09. The van der Waals surface area contributed by atoms with Gasteiger partial charge in [-0.25, -0.2) is 9.48 Å². The summed E-state index contributed by atoms with van der Waals surface area (Å²) in [5, 5.41) is 4.36. The lowest BCUT2D eigenvalue weighted by Gasteiger charge is -2.06. The monoisotopic (exact) mass is 417 g/mol. The molecule has 9 heteroatoms. The van der Waals surface area contributed by atoms with Gasteiger partial charge < -0.3 is 10.2 Å². The maximum Gasteiger partial charge on any atom is 0.358 e. The van der Waals surface area contributed by atoms with Gasteiger partial charge in [-0.1, -0.05) is 6.07 Å². The zero-order chi connectivity index (χ0) is 22.1. The molecule has 0 aliphatic carbocycles. The molecule has 31 heavy (non-hydrogen) atoms. The summed E-state index contributed by atoms with van der Waals surface area (Å²) in [6.07, 6.45) is 8.49. The number of hydrazine groups is 1. The van der Waals surface area contributed by atoms with E-state index in [1.807, 2.05) is 43.3 Å². The molecule has 0 amide bonds. The minimum absolute atomic E-state index is 0.244. The Balaban J connectivity index is 0.000000287. The van der Waals surface area contributed by atoms with Crippen molar-refractivity contribution in [3.63, 3.8) is 0 Å². The Bertz CT molecular complexity index is 1100. The zero-order valence-corrected chi connectivity index (χ0v) is 17.3. The minimum atomic E-state index is -0.455. The molecule has 9 nitrogen and oxygen atoms in total. The maximum absolute atomic E-state index is 12.0. The highest BCUT2D eigenvalue weighted by molar-refractivity contribution is 5.88. The molecule has 4 rings (SSSR count). The molecule has 0 fully saturated rings. The van der Waals surface area contributed by atoms with Crippen LogP contribution >= 0.6 is 0 Å². The number of aromatic nitrogens is 5. The number of hydrogen-bond donors (Lipinski definition) is 2. The van der Waals surface area contributed by atoms with Gasteiger partial charge in [-0.3, -0.25) is 20.8 Å². The number of nitrogens with one attached hydrogen (secondary N) is 1. The van der Waals surface area contributed by atoms with E-state index in [9.17, 15) is 4.79 Å². The van der Waals surface area contributed by atoms with Crippen LogP contribution in [0.25, 0.3) is 17.1 Å². The number of esters is 1. The Morgan fingerprint density at radius 3 is 2.42 bits per heavy atom. The van der Waals surface area contributed by atoms with Crippen LogP contribution in [0.5, 0.6) is 0 Å². The summed E-state index contributed by atoms with van der Waals surface area (Å²) in [5.74, 6) is 4.60. The summed E-state index contributed by atoms with van der Waals surface area (Å²) in [4.78, 5) is 24.3. The van der Waals surface area contributed by atoms with Crippen molar-refractivity contribution in [3.05, 3.63) is 84.7 Å².